The number of hydrogen-bond donors (Lipinski definition) is 0. The predicted octanol–water partition coefficient (Wildman–Crippen LogP) is 2.84. The number of thioether (sulfide) groups is 1. The largest absolute Gasteiger partial charge is 0.288 e. The summed E-state index contributed by atoms with van der Waals surface area (Å²) >= 11 is 6.94. The van der Waals surface area contributed by atoms with Crippen molar-refractivity contribution in [2.45, 2.75) is 6.92 Å². The summed E-state index contributed by atoms with van der Waals surface area (Å²) < 4.78 is 0. The second kappa shape index (κ2) is 6.23. The molecule has 0 aliphatic heterocycles. The molecule has 16 heavy (non-hydrogen) atoms. The fourth-order valence-corrected chi connectivity index (χ4v) is 1.51. The van der Waals surface area contributed by atoms with Gasteiger partial charge in [-0.15, -0.1) is 0 Å². The summed E-state index contributed by atoms with van der Waals surface area (Å²) in [5, 5.41) is 9.41. The summed E-state index contributed by atoms with van der Waals surface area (Å²) in [5.41, 5.74) is 1.09. The van der Waals surface area contributed by atoms with E-state index >= 15 is 0 Å². The maximum atomic E-state index is 10.7. The van der Waals surface area contributed by atoms with Crippen molar-refractivity contribution in [2.24, 2.45) is 0 Å². The van der Waals surface area contributed by atoms with Crippen molar-refractivity contribution in [3.05, 3.63) is 34.3 Å². The van der Waals surface area contributed by atoms with E-state index in [1.54, 1.807) is 18.2 Å². The van der Waals surface area contributed by atoms with E-state index < -0.39 is 0 Å². The summed E-state index contributed by atoms with van der Waals surface area (Å²) in [4.78, 5) is 10.7. The molecule has 1 aromatic carbocycles. The van der Waals surface area contributed by atoms with E-state index in [0.29, 0.717) is 21.9 Å². The number of benzene rings is 1. The van der Waals surface area contributed by atoms with Crippen molar-refractivity contribution in [3.63, 3.8) is 0 Å². The number of rotatable bonds is 1. The summed E-state index contributed by atoms with van der Waals surface area (Å²) in [6.45, 7) is 1.49. The smallest absolute Gasteiger partial charge is 0.186 e. The van der Waals surface area contributed by atoms with E-state index in [9.17, 15) is 4.79 Å². The van der Waals surface area contributed by atoms with Crippen molar-refractivity contribution >= 4 is 28.5 Å². The quantitative estimate of drug-likeness (QED) is 0.719. The Bertz CT molecular complexity index is 508. The normalized spacial score (nSPS) is 8.81. The molecule has 0 aromatic heterocycles. The molecule has 1 rings (SSSR count). The van der Waals surface area contributed by atoms with Crippen LogP contribution in [0.3, 0.4) is 0 Å². The molecule has 2 nitrogen and oxygen atoms in total. The minimum absolute atomic E-state index is 0.0286. The van der Waals surface area contributed by atoms with Crippen LogP contribution in [0.15, 0.2) is 18.2 Å². The molecule has 0 aliphatic carbocycles. The molecule has 0 spiro atoms. The molecule has 0 amide bonds. The number of carbonyl (C=O) groups is 1. The van der Waals surface area contributed by atoms with E-state index in [-0.39, 0.29) is 5.12 Å². The number of halogens is 1. The first-order valence-electron chi connectivity index (χ1n) is 4.45. The van der Waals surface area contributed by atoms with E-state index in [1.807, 2.05) is 6.07 Å². The van der Waals surface area contributed by atoms with E-state index in [4.69, 9.17) is 16.9 Å². The molecule has 0 bridgehead atoms. The second-order valence-electron chi connectivity index (χ2n) is 2.88. The first-order valence-corrected chi connectivity index (χ1v) is 5.81. The maximum absolute atomic E-state index is 10.7. The standard InChI is InChI=1S/C12H8ClNOS/c1-9(15)16-6-2-3-10-7-12(13)5-4-11(10)8-14/h4-5,7H,6H2,1H3. The average Bonchev–Trinajstić information content (AvgIpc) is 2.24. The Labute approximate surface area is 104 Å². The molecule has 0 atom stereocenters. The summed E-state index contributed by atoms with van der Waals surface area (Å²) in [6, 6.07) is 6.96. The zero-order valence-corrected chi connectivity index (χ0v) is 10.2. The molecule has 0 fully saturated rings. The van der Waals surface area contributed by atoms with Crippen molar-refractivity contribution in [1.82, 2.24) is 0 Å². The summed E-state index contributed by atoms with van der Waals surface area (Å²) in [6.07, 6.45) is 0. The highest BCUT2D eigenvalue weighted by atomic mass is 35.5. The fraction of sp³-hybridized carbons (Fsp3) is 0.167. The van der Waals surface area contributed by atoms with Crippen LogP contribution in [-0.2, 0) is 4.79 Å². The van der Waals surface area contributed by atoms with E-state index in [2.05, 4.69) is 11.8 Å². The van der Waals surface area contributed by atoms with Crippen LogP contribution in [-0.4, -0.2) is 10.9 Å². The van der Waals surface area contributed by atoms with Gasteiger partial charge in [-0.05, 0) is 18.2 Å². The lowest BCUT2D eigenvalue weighted by atomic mass is 10.1. The van der Waals surface area contributed by atoms with Gasteiger partial charge in [0, 0.05) is 17.5 Å². The van der Waals surface area contributed by atoms with E-state index in [1.165, 1.54) is 6.92 Å². The first-order chi connectivity index (χ1) is 7.63. The van der Waals surface area contributed by atoms with Gasteiger partial charge in [0.25, 0.3) is 0 Å². The van der Waals surface area contributed by atoms with Crippen LogP contribution in [0.4, 0.5) is 0 Å². The van der Waals surface area contributed by atoms with Gasteiger partial charge in [-0.25, -0.2) is 0 Å². The Morgan fingerprint density at radius 1 is 1.50 bits per heavy atom. The van der Waals surface area contributed by atoms with Crippen LogP contribution in [0, 0.1) is 23.2 Å². The van der Waals surface area contributed by atoms with Crippen LogP contribution < -0.4 is 0 Å². The van der Waals surface area contributed by atoms with Crippen molar-refractivity contribution in [2.75, 3.05) is 5.75 Å². The molecular formula is C12H8ClNOS. The topological polar surface area (TPSA) is 40.9 Å². The van der Waals surface area contributed by atoms with Gasteiger partial charge in [-0.1, -0.05) is 35.2 Å². The third-order valence-electron chi connectivity index (χ3n) is 1.67. The average molecular weight is 250 g/mol. The lowest BCUT2D eigenvalue weighted by molar-refractivity contribution is -0.109. The molecule has 0 saturated heterocycles. The van der Waals surface area contributed by atoms with Gasteiger partial charge in [0.2, 0.25) is 0 Å². The third-order valence-corrected chi connectivity index (χ3v) is 2.60. The van der Waals surface area contributed by atoms with Gasteiger partial charge in [0.1, 0.15) is 6.07 Å². The molecule has 0 N–H and O–H groups in total. The lowest BCUT2D eigenvalue weighted by Crippen LogP contribution is -1.85. The van der Waals surface area contributed by atoms with Crippen LogP contribution in [0.2, 0.25) is 5.02 Å². The zero-order valence-electron chi connectivity index (χ0n) is 8.58. The predicted molar refractivity (Wildman–Crippen MR) is 66.2 cm³/mol. The van der Waals surface area contributed by atoms with E-state index in [0.717, 1.165) is 11.8 Å². The molecule has 0 heterocycles. The monoisotopic (exact) mass is 249 g/mol. The highest BCUT2D eigenvalue weighted by Gasteiger charge is 1.99. The Kier molecular flexibility index (Phi) is 4.92. The fourth-order valence-electron chi connectivity index (χ4n) is 0.986. The Balaban J connectivity index is 2.83. The highest BCUT2D eigenvalue weighted by molar-refractivity contribution is 8.13. The van der Waals surface area contributed by atoms with Crippen LogP contribution in [0.1, 0.15) is 18.1 Å². The number of hydrogen-bond acceptors (Lipinski definition) is 3. The Morgan fingerprint density at radius 3 is 2.88 bits per heavy atom. The molecule has 0 unspecified atom stereocenters. The second-order valence-corrected chi connectivity index (χ2v) is 4.47. The minimum Gasteiger partial charge on any atom is -0.288 e. The summed E-state index contributed by atoms with van der Waals surface area (Å²) in [7, 11) is 0. The third kappa shape index (κ3) is 3.98. The van der Waals surface area contributed by atoms with Gasteiger partial charge < -0.3 is 0 Å². The molecule has 4 heteroatoms. The van der Waals surface area contributed by atoms with Crippen LogP contribution in [0.25, 0.3) is 0 Å². The maximum Gasteiger partial charge on any atom is 0.186 e. The lowest BCUT2D eigenvalue weighted by Gasteiger charge is -1.95. The number of carbonyl (C=O) groups excluding carboxylic acids is 1. The Morgan fingerprint density at radius 2 is 2.25 bits per heavy atom. The Hall–Kier alpha value is -1.42. The molecule has 0 saturated carbocycles. The van der Waals surface area contributed by atoms with Gasteiger partial charge >= 0.3 is 0 Å². The van der Waals surface area contributed by atoms with Gasteiger partial charge in [0.05, 0.1) is 11.3 Å². The molecule has 0 aliphatic rings. The molecule has 1 aromatic rings. The van der Waals surface area contributed by atoms with Gasteiger partial charge in [-0.2, -0.15) is 5.26 Å². The zero-order chi connectivity index (χ0) is 12.0. The van der Waals surface area contributed by atoms with Crippen molar-refractivity contribution in [3.8, 4) is 17.9 Å². The SMILES string of the molecule is CC(=O)SCC#Cc1cc(Cl)ccc1C#N. The highest BCUT2D eigenvalue weighted by Crippen LogP contribution is 2.14. The van der Waals surface area contributed by atoms with Crippen LogP contribution >= 0.6 is 23.4 Å². The van der Waals surface area contributed by atoms with Crippen molar-refractivity contribution < 1.29 is 4.79 Å². The summed E-state index contributed by atoms with van der Waals surface area (Å²) in [5.74, 6) is 6.07. The van der Waals surface area contributed by atoms with Gasteiger partial charge in [-0.3, -0.25) is 4.79 Å². The molecular weight excluding hydrogens is 242 g/mol. The van der Waals surface area contributed by atoms with Crippen LogP contribution in [0.5, 0.6) is 0 Å². The van der Waals surface area contributed by atoms with Gasteiger partial charge in [0.15, 0.2) is 5.12 Å². The van der Waals surface area contributed by atoms with Crippen molar-refractivity contribution in [1.29, 1.82) is 5.26 Å². The number of nitrogens with zero attached hydrogens (tertiary/aromatic N) is 1. The minimum atomic E-state index is 0.0286. The number of nitriles is 1. The molecule has 80 valence electrons. The first kappa shape index (κ1) is 12.6. The molecule has 0 radical (unpaired) electrons.